The van der Waals surface area contributed by atoms with E-state index in [9.17, 15) is 5.11 Å². The maximum Gasteiger partial charge on any atom is 0.118 e. The van der Waals surface area contributed by atoms with E-state index in [4.69, 9.17) is 9.47 Å². The van der Waals surface area contributed by atoms with Gasteiger partial charge in [-0.15, -0.1) is 0 Å². The van der Waals surface area contributed by atoms with E-state index in [0.29, 0.717) is 6.42 Å². The second-order valence-corrected chi connectivity index (χ2v) is 6.01. The Morgan fingerprint density at radius 1 is 0.864 bits per heavy atom. The van der Waals surface area contributed by atoms with Crippen LogP contribution in [0, 0.1) is 0 Å². The summed E-state index contributed by atoms with van der Waals surface area (Å²) in [5.74, 6) is 1.66. The van der Waals surface area contributed by atoms with Crippen molar-refractivity contribution in [1.29, 1.82) is 0 Å². The lowest BCUT2D eigenvalue weighted by atomic mass is 9.96. The van der Waals surface area contributed by atoms with Crippen LogP contribution < -0.4 is 9.47 Å². The molecule has 0 aromatic heterocycles. The van der Waals surface area contributed by atoms with Crippen molar-refractivity contribution in [3.63, 3.8) is 0 Å². The Balaban J connectivity index is 2.47. The summed E-state index contributed by atoms with van der Waals surface area (Å²) in [6.45, 7) is 0.133. The van der Waals surface area contributed by atoms with Gasteiger partial charge in [-0.25, -0.2) is 0 Å². The molecule has 0 radical (unpaired) electrons. The normalized spacial score (nSPS) is 10.2. The highest BCUT2D eigenvalue weighted by Gasteiger charge is 2.11. The first kappa shape index (κ1) is 16.8. The third kappa shape index (κ3) is 4.01. The lowest BCUT2D eigenvalue weighted by molar-refractivity contribution is 0.302. The molecule has 116 valence electrons. The predicted molar refractivity (Wildman–Crippen MR) is 97.7 cm³/mol. The molecule has 4 heteroatoms. The fourth-order valence-corrected chi connectivity index (χ4v) is 3.08. The molecule has 1 N–H and O–H groups in total. The maximum atomic E-state index is 9.26. The Hall–Kier alpha value is -1.53. The average Bonchev–Trinajstić information content (AvgIpc) is 2.56. The minimum Gasteiger partial charge on any atom is -0.497 e. The van der Waals surface area contributed by atoms with Crippen molar-refractivity contribution in [1.82, 2.24) is 0 Å². The Morgan fingerprint density at radius 3 is 1.59 bits per heavy atom. The van der Waals surface area contributed by atoms with Gasteiger partial charge in [0.2, 0.25) is 0 Å². The first-order chi connectivity index (χ1) is 10.7. The Morgan fingerprint density at radius 2 is 1.27 bits per heavy atom. The standard InChI is InChI=1S/C18H19IO3/c1-21-15-7-3-13(4-8-15)18(17(19)11-12-20)14-5-9-16(22-2)10-6-14/h3-10,20H,11-12H2,1-2H3. The smallest absolute Gasteiger partial charge is 0.118 e. The van der Waals surface area contributed by atoms with Crippen molar-refractivity contribution in [3.8, 4) is 11.5 Å². The first-order valence-corrected chi connectivity index (χ1v) is 8.05. The maximum absolute atomic E-state index is 9.26. The molecule has 0 spiro atoms. The van der Waals surface area contributed by atoms with E-state index in [1.165, 1.54) is 0 Å². The highest BCUT2D eigenvalue weighted by atomic mass is 127. The summed E-state index contributed by atoms with van der Waals surface area (Å²) < 4.78 is 11.6. The van der Waals surface area contributed by atoms with Gasteiger partial charge in [0.1, 0.15) is 11.5 Å². The summed E-state index contributed by atoms with van der Waals surface area (Å²) in [4.78, 5) is 0. The molecule has 0 aliphatic carbocycles. The summed E-state index contributed by atoms with van der Waals surface area (Å²) in [6, 6.07) is 15.9. The van der Waals surface area contributed by atoms with E-state index >= 15 is 0 Å². The Kier molecular flexibility index (Phi) is 6.27. The fourth-order valence-electron chi connectivity index (χ4n) is 2.22. The van der Waals surface area contributed by atoms with Crippen LogP contribution in [0.1, 0.15) is 17.5 Å². The molecular formula is C18H19IO3. The topological polar surface area (TPSA) is 38.7 Å². The number of aliphatic hydroxyl groups excluding tert-OH is 1. The SMILES string of the molecule is COc1ccc(C(=C(I)CCO)c2ccc(OC)cc2)cc1. The van der Waals surface area contributed by atoms with E-state index in [1.54, 1.807) is 14.2 Å². The minimum absolute atomic E-state index is 0.133. The Labute approximate surface area is 144 Å². The molecule has 0 atom stereocenters. The van der Waals surface area contributed by atoms with Gasteiger partial charge >= 0.3 is 0 Å². The highest BCUT2D eigenvalue weighted by Crippen LogP contribution is 2.33. The second-order valence-electron chi connectivity index (χ2n) is 4.71. The zero-order chi connectivity index (χ0) is 15.9. The van der Waals surface area contributed by atoms with Crippen molar-refractivity contribution >= 4 is 28.2 Å². The first-order valence-electron chi connectivity index (χ1n) is 6.98. The molecule has 0 heterocycles. The number of ether oxygens (including phenoxy) is 2. The molecule has 0 saturated carbocycles. The number of halogens is 1. The van der Waals surface area contributed by atoms with Gasteiger partial charge < -0.3 is 14.6 Å². The summed E-state index contributed by atoms with van der Waals surface area (Å²) in [6.07, 6.45) is 0.633. The third-order valence-electron chi connectivity index (χ3n) is 3.36. The van der Waals surface area contributed by atoms with Crippen molar-refractivity contribution in [2.45, 2.75) is 6.42 Å². The van der Waals surface area contributed by atoms with Crippen molar-refractivity contribution in [2.75, 3.05) is 20.8 Å². The van der Waals surface area contributed by atoms with Crippen LogP contribution >= 0.6 is 22.6 Å². The largest absolute Gasteiger partial charge is 0.497 e. The lowest BCUT2D eigenvalue weighted by Crippen LogP contribution is -1.94. The van der Waals surface area contributed by atoms with Crippen LogP contribution in [0.4, 0.5) is 0 Å². The van der Waals surface area contributed by atoms with E-state index in [0.717, 1.165) is 31.8 Å². The molecule has 3 nitrogen and oxygen atoms in total. The molecule has 2 aromatic carbocycles. The quantitative estimate of drug-likeness (QED) is 0.723. The molecule has 0 aliphatic heterocycles. The van der Waals surface area contributed by atoms with Crippen LogP contribution in [-0.2, 0) is 0 Å². The van der Waals surface area contributed by atoms with Crippen LogP contribution in [0.15, 0.2) is 52.1 Å². The van der Waals surface area contributed by atoms with Gasteiger partial charge in [-0.05, 0) is 63.6 Å². The number of rotatable bonds is 6. The Bertz CT molecular complexity index is 581. The number of methoxy groups -OCH3 is 2. The van der Waals surface area contributed by atoms with Crippen LogP contribution in [0.25, 0.3) is 5.57 Å². The van der Waals surface area contributed by atoms with Gasteiger partial charge in [-0.3, -0.25) is 0 Å². The van der Waals surface area contributed by atoms with Gasteiger partial charge in [0.15, 0.2) is 0 Å². The number of benzene rings is 2. The highest BCUT2D eigenvalue weighted by molar-refractivity contribution is 14.1. The van der Waals surface area contributed by atoms with Crippen LogP contribution in [0.3, 0.4) is 0 Å². The van der Waals surface area contributed by atoms with Gasteiger partial charge in [0, 0.05) is 16.6 Å². The zero-order valence-corrected chi connectivity index (χ0v) is 14.8. The lowest BCUT2D eigenvalue weighted by Gasteiger charge is -2.13. The van der Waals surface area contributed by atoms with Gasteiger partial charge in [0.25, 0.3) is 0 Å². The summed E-state index contributed by atoms with van der Waals surface area (Å²) in [5.41, 5.74) is 3.33. The summed E-state index contributed by atoms with van der Waals surface area (Å²) in [7, 11) is 3.31. The van der Waals surface area contributed by atoms with Crippen molar-refractivity contribution in [3.05, 3.63) is 63.2 Å². The molecule has 2 aromatic rings. The van der Waals surface area contributed by atoms with Gasteiger partial charge in [0.05, 0.1) is 14.2 Å². The van der Waals surface area contributed by atoms with Crippen LogP contribution in [-0.4, -0.2) is 25.9 Å². The van der Waals surface area contributed by atoms with Gasteiger partial charge in [-0.1, -0.05) is 24.3 Å². The molecule has 0 aliphatic rings. The zero-order valence-electron chi connectivity index (χ0n) is 12.7. The molecule has 0 amide bonds. The fraction of sp³-hybridized carbons (Fsp3) is 0.222. The molecule has 0 saturated heterocycles. The summed E-state index contributed by atoms with van der Waals surface area (Å²) in [5, 5.41) is 9.26. The number of aliphatic hydroxyl groups is 1. The molecule has 2 rings (SSSR count). The van der Waals surface area contributed by atoms with Crippen LogP contribution in [0.2, 0.25) is 0 Å². The molecule has 0 unspecified atom stereocenters. The van der Waals surface area contributed by atoms with Crippen molar-refractivity contribution in [2.24, 2.45) is 0 Å². The molecule has 22 heavy (non-hydrogen) atoms. The molecular weight excluding hydrogens is 391 g/mol. The minimum atomic E-state index is 0.133. The van der Waals surface area contributed by atoms with E-state index in [1.807, 2.05) is 48.5 Å². The summed E-state index contributed by atoms with van der Waals surface area (Å²) >= 11 is 2.30. The third-order valence-corrected chi connectivity index (χ3v) is 4.44. The monoisotopic (exact) mass is 410 g/mol. The predicted octanol–water partition coefficient (Wildman–Crippen LogP) is 4.28. The van der Waals surface area contributed by atoms with E-state index in [-0.39, 0.29) is 6.61 Å². The second kappa shape index (κ2) is 8.19. The molecule has 0 bridgehead atoms. The number of hydrogen-bond acceptors (Lipinski definition) is 3. The van der Waals surface area contributed by atoms with Gasteiger partial charge in [-0.2, -0.15) is 0 Å². The molecule has 0 fully saturated rings. The van der Waals surface area contributed by atoms with Crippen molar-refractivity contribution < 1.29 is 14.6 Å². The average molecular weight is 410 g/mol. The van der Waals surface area contributed by atoms with E-state index in [2.05, 4.69) is 22.6 Å². The van der Waals surface area contributed by atoms with Crippen LogP contribution in [0.5, 0.6) is 11.5 Å². The number of hydrogen-bond donors (Lipinski definition) is 1. The van der Waals surface area contributed by atoms with E-state index < -0.39 is 0 Å².